The fourth-order valence-corrected chi connectivity index (χ4v) is 1.46. The maximum atomic E-state index is 11.5. The van der Waals surface area contributed by atoms with Crippen LogP contribution >= 0.6 is 11.6 Å². The van der Waals surface area contributed by atoms with Gasteiger partial charge in [0, 0.05) is 6.04 Å². The van der Waals surface area contributed by atoms with Crippen LogP contribution in [0.1, 0.15) is 20.3 Å². The summed E-state index contributed by atoms with van der Waals surface area (Å²) in [5, 5.41) is 5.67. The van der Waals surface area contributed by atoms with Gasteiger partial charge in [0.05, 0.1) is 10.7 Å². The average molecular weight is 255 g/mol. The fraction of sp³-hybridized carbons (Fsp3) is 0.333. The molecule has 0 spiro atoms. The summed E-state index contributed by atoms with van der Waals surface area (Å²) in [7, 11) is 0. The van der Waals surface area contributed by atoms with E-state index >= 15 is 0 Å². The summed E-state index contributed by atoms with van der Waals surface area (Å²) in [4.78, 5) is 22.9. The molecule has 0 aromatic heterocycles. The predicted octanol–water partition coefficient (Wildman–Crippen LogP) is 2.19. The lowest BCUT2D eigenvalue weighted by Crippen LogP contribution is -2.33. The van der Waals surface area contributed by atoms with Gasteiger partial charge in [-0.2, -0.15) is 0 Å². The number of nitrogens with one attached hydrogen (secondary N) is 2. The van der Waals surface area contributed by atoms with Crippen LogP contribution in [0.2, 0.25) is 5.02 Å². The first-order valence-electron chi connectivity index (χ1n) is 5.33. The number of para-hydroxylation sites is 1. The number of carbonyl (C=O) groups is 2. The largest absolute Gasteiger partial charge is 0.353 e. The van der Waals surface area contributed by atoms with Crippen LogP contribution in [-0.2, 0) is 9.59 Å². The van der Waals surface area contributed by atoms with Crippen LogP contribution in [-0.4, -0.2) is 17.9 Å². The van der Waals surface area contributed by atoms with Gasteiger partial charge in [-0.05, 0) is 26.0 Å². The van der Waals surface area contributed by atoms with E-state index in [0.29, 0.717) is 10.7 Å². The van der Waals surface area contributed by atoms with Gasteiger partial charge in [-0.1, -0.05) is 23.7 Å². The normalized spacial score (nSPS) is 10.1. The zero-order valence-electron chi connectivity index (χ0n) is 9.79. The lowest BCUT2D eigenvalue weighted by molar-refractivity contribution is -0.127. The van der Waals surface area contributed by atoms with Gasteiger partial charge in [-0.3, -0.25) is 9.59 Å². The monoisotopic (exact) mass is 254 g/mol. The van der Waals surface area contributed by atoms with Crippen molar-refractivity contribution < 1.29 is 9.59 Å². The zero-order chi connectivity index (χ0) is 12.8. The minimum atomic E-state index is -0.378. The number of halogens is 1. The lowest BCUT2D eigenvalue weighted by atomic mass is 10.3. The Balaban J connectivity index is 2.51. The van der Waals surface area contributed by atoms with E-state index in [2.05, 4.69) is 10.6 Å². The van der Waals surface area contributed by atoms with Crippen LogP contribution in [0.15, 0.2) is 24.3 Å². The van der Waals surface area contributed by atoms with E-state index in [0.717, 1.165) is 0 Å². The maximum absolute atomic E-state index is 11.5. The molecule has 0 aliphatic rings. The smallest absolute Gasteiger partial charge is 0.233 e. The van der Waals surface area contributed by atoms with Crippen LogP contribution in [0.5, 0.6) is 0 Å². The lowest BCUT2D eigenvalue weighted by Gasteiger charge is -2.09. The molecule has 17 heavy (non-hydrogen) atoms. The molecule has 1 aromatic carbocycles. The number of anilines is 1. The molecule has 2 N–H and O–H groups in total. The second-order valence-electron chi connectivity index (χ2n) is 3.93. The first-order valence-corrected chi connectivity index (χ1v) is 5.70. The second-order valence-corrected chi connectivity index (χ2v) is 4.33. The Hall–Kier alpha value is -1.55. The predicted molar refractivity (Wildman–Crippen MR) is 68.0 cm³/mol. The van der Waals surface area contributed by atoms with Gasteiger partial charge >= 0.3 is 0 Å². The van der Waals surface area contributed by atoms with E-state index in [1.54, 1.807) is 24.3 Å². The summed E-state index contributed by atoms with van der Waals surface area (Å²) in [5.41, 5.74) is 0.511. The Morgan fingerprint density at radius 2 is 1.88 bits per heavy atom. The van der Waals surface area contributed by atoms with E-state index in [-0.39, 0.29) is 24.3 Å². The molecule has 0 aliphatic carbocycles. The third-order valence-corrected chi connectivity index (χ3v) is 2.25. The first-order chi connectivity index (χ1) is 7.99. The SMILES string of the molecule is CC(C)NC(=O)CC(=O)Nc1ccccc1Cl. The highest BCUT2D eigenvalue weighted by Gasteiger charge is 2.11. The summed E-state index contributed by atoms with van der Waals surface area (Å²) in [5.74, 6) is -0.680. The molecule has 92 valence electrons. The average Bonchev–Trinajstić information content (AvgIpc) is 2.19. The molecule has 0 aliphatic heterocycles. The molecule has 0 fully saturated rings. The Bertz CT molecular complexity index is 419. The van der Waals surface area contributed by atoms with Crippen molar-refractivity contribution >= 4 is 29.1 Å². The first kappa shape index (κ1) is 13.5. The molecule has 0 unspecified atom stereocenters. The third-order valence-electron chi connectivity index (χ3n) is 1.92. The number of hydrogen-bond donors (Lipinski definition) is 2. The minimum Gasteiger partial charge on any atom is -0.353 e. The summed E-state index contributed by atoms with van der Waals surface area (Å²) in [6.07, 6.45) is -0.205. The highest BCUT2D eigenvalue weighted by molar-refractivity contribution is 6.33. The molecular formula is C12H15ClN2O2. The molecule has 4 nitrogen and oxygen atoms in total. The van der Waals surface area contributed by atoms with E-state index in [4.69, 9.17) is 11.6 Å². The number of amides is 2. The van der Waals surface area contributed by atoms with Crippen LogP contribution in [0.4, 0.5) is 5.69 Å². The van der Waals surface area contributed by atoms with Crippen LogP contribution in [0, 0.1) is 0 Å². The fourth-order valence-electron chi connectivity index (χ4n) is 1.28. The van der Waals surface area contributed by atoms with Crippen LogP contribution in [0.3, 0.4) is 0 Å². The van der Waals surface area contributed by atoms with Gasteiger partial charge in [0.2, 0.25) is 11.8 Å². The van der Waals surface area contributed by atoms with Crippen molar-refractivity contribution in [3.63, 3.8) is 0 Å². The van der Waals surface area contributed by atoms with Crippen LogP contribution < -0.4 is 10.6 Å². The van der Waals surface area contributed by atoms with Gasteiger partial charge in [0.25, 0.3) is 0 Å². The topological polar surface area (TPSA) is 58.2 Å². The second kappa shape index (κ2) is 6.25. The number of rotatable bonds is 4. The molecule has 2 amide bonds. The van der Waals surface area contributed by atoms with E-state index < -0.39 is 0 Å². The van der Waals surface area contributed by atoms with Crippen molar-refractivity contribution in [2.45, 2.75) is 26.3 Å². The Morgan fingerprint density at radius 3 is 2.47 bits per heavy atom. The summed E-state index contributed by atoms with van der Waals surface area (Å²) >= 11 is 5.87. The molecule has 0 atom stereocenters. The summed E-state index contributed by atoms with van der Waals surface area (Å²) in [6.45, 7) is 3.67. The van der Waals surface area contributed by atoms with Crippen molar-refractivity contribution in [1.29, 1.82) is 0 Å². The number of hydrogen-bond acceptors (Lipinski definition) is 2. The van der Waals surface area contributed by atoms with Crippen molar-refractivity contribution in [3.05, 3.63) is 29.3 Å². The van der Waals surface area contributed by atoms with E-state index in [1.807, 2.05) is 13.8 Å². The highest BCUT2D eigenvalue weighted by atomic mass is 35.5. The van der Waals surface area contributed by atoms with E-state index in [9.17, 15) is 9.59 Å². The standard InChI is InChI=1S/C12H15ClN2O2/c1-8(2)14-11(16)7-12(17)15-10-6-4-3-5-9(10)13/h3-6,8H,7H2,1-2H3,(H,14,16)(H,15,17). The molecule has 1 aromatic rings. The minimum absolute atomic E-state index is 0.0237. The maximum Gasteiger partial charge on any atom is 0.233 e. The number of carbonyl (C=O) groups excluding carboxylic acids is 2. The van der Waals surface area contributed by atoms with E-state index in [1.165, 1.54) is 0 Å². The van der Waals surface area contributed by atoms with Crippen LogP contribution in [0.25, 0.3) is 0 Å². The molecule has 0 radical (unpaired) electrons. The Kier molecular flexibility index (Phi) is 4.97. The van der Waals surface area contributed by atoms with Gasteiger partial charge in [0.15, 0.2) is 0 Å². The molecule has 0 saturated heterocycles. The molecule has 0 heterocycles. The van der Waals surface area contributed by atoms with Gasteiger partial charge in [-0.15, -0.1) is 0 Å². The van der Waals surface area contributed by atoms with Gasteiger partial charge in [-0.25, -0.2) is 0 Å². The molecule has 0 bridgehead atoms. The van der Waals surface area contributed by atoms with Crippen molar-refractivity contribution in [1.82, 2.24) is 5.32 Å². The Labute approximate surface area is 105 Å². The third kappa shape index (κ3) is 4.87. The zero-order valence-corrected chi connectivity index (χ0v) is 10.5. The molecular weight excluding hydrogens is 240 g/mol. The van der Waals surface area contributed by atoms with Gasteiger partial charge < -0.3 is 10.6 Å². The van der Waals surface area contributed by atoms with Crippen molar-refractivity contribution in [2.75, 3.05) is 5.32 Å². The molecule has 0 saturated carbocycles. The summed E-state index contributed by atoms with van der Waals surface area (Å²) < 4.78 is 0. The molecule has 5 heteroatoms. The summed E-state index contributed by atoms with van der Waals surface area (Å²) in [6, 6.07) is 6.90. The van der Waals surface area contributed by atoms with Gasteiger partial charge in [0.1, 0.15) is 6.42 Å². The highest BCUT2D eigenvalue weighted by Crippen LogP contribution is 2.20. The Morgan fingerprint density at radius 1 is 1.24 bits per heavy atom. The quantitative estimate of drug-likeness (QED) is 0.810. The number of benzene rings is 1. The molecule has 1 rings (SSSR count). The van der Waals surface area contributed by atoms with Crippen molar-refractivity contribution in [3.8, 4) is 0 Å². The van der Waals surface area contributed by atoms with Crippen molar-refractivity contribution in [2.24, 2.45) is 0 Å².